The van der Waals surface area contributed by atoms with Crippen LogP contribution in [-0.2, 0) is 13.1 Å². The molecule has 0 aliphatic rings. The van der Waals surface area contributed by atoms with Crippen LogP contribution in [0, 0.1) is 0 Å². The fourth-order valence-electron chi connectivity index (χ4n) is 2.57. The normalized spacial score (nSPS) is 12.5. The highest BCUT2D eigenvalue weighted by molar-refractivity contribution is 5.17. The predicted octanol–water partition coefficient (Wildman–Crippen LogP) is 3.30. The summed E-state index contributed by atoms with van der Waals surface area (Å²) in [6.45, 7) is 9.00. The molecule has 0 radical (unpaired) electrons. The second-order valence-electron chi connectivity index (χ2n) is 5.66. The van der Waals surface area contributed by atoms with Crippen LogP contribution in [0.4, 0.5) is 0 Å². The van der Waals surface area contributed by atoms with E-state index in [1.54, 1.807) is 0 Å². The van der Waals surface area contributed by atoms with E-state index in [2.05, 4.69) is 58.6 Å². The Balaban J connectivity index is 2.05. The average molecular weight is 298 g/mol. The minimum atomic E-state index is -0.280. The molecule has 0 aliphatic heterocycles. The Kier molecular flexibility index (Phi) is 6.44. The minimum Gasteiger partial charge on any atom is -0.392 e. The highest BCUT2D eigenvalue weighted by Gasteiger charge is 2.12. The molecule has 118 valence electrons. The van der Waals surface area contributed by atoms with E-state index in [0.717, 1.165) is 26.1 Å². The van der Waals surface area contributed by atoms with Gasteiger partial charge in [0.1, 0.15) is 0 Å². The number of hydrogen-bond donors (Lipinski definition) is 1. The van der Waals surface area contributed by atoms with Crippen molar-refractivity contribution in [1.29, 1.82) is 0 Å². The molecule has 1 heterocycles. The molecule has 0 amide bonds. The predicted molar refractivity (Wildman–Crippen MR) is 91.7 cm³/mol. The van der Waals surface area contributed by atoms with Gasteiger partial charge >= 0.3 is 0 Å². The summed E-state index contributed by atoms with van der Waals surface area (Å²) in [6, 6.07) is 14.7. The maximum Gasteiger partial charge on any atom is 0.0664 e. The van der Waals surface area contributed by atoms with Crippen molar-refractivity contribution in [3.05, 3.63) is 72.6 Å². The molecule has 2 rings (SSSR count). The zero-order valence-corrected chi connectivity index (χ0v) is 13.4. The Morgan fingerprint density at radius 2 is 2.00 bits per heavy atom. The lowest BCUT2D eigenvalue weighted by molar-refractivity contribution is 0.111. The highest BCUT2D eigenvalue weighted by atomic mass is 16.3. The number of aliphatic hydroxyl groups excluding tert-OH is 1. The van der Waals surface area contributed by atoms with Crippen molar-refractivity contribution in [2.45, 2.75) is 32.5 Å². The first-order valence-electron chi connectivity index (χ1n) is 7.92. The molecular weight excluding hydrogens is 272 g/mol. The topological polar surface area (TPSA) is 28.4 Å². The Labute approximate surface area is 133 Å². The van der Waals surface area contributed by atoms with Crippen LogP contribution in [0.25, 0.3) is 0 Å². The maximum atomic E-state index is 9.91. The second-order valence-corrected chi connectivity index (χ2v) is 5.66. The van der Waals surface area contributed by atoms with Gasteiger partial charge in [-0.25, -0.2) is 0 Å². The van der Waals surface area contributed by atoms with Crippen molar-refractivity contribution >= 4 is 0 Å². The van der Waals surface area contributed by atoms with Crippen LogP contribution in [0.3, 0.4) is 0 Å². The number of aliphatic hydroxyl groups is 1. The lowest BCUT2D eigenvalue weighted by atomic mass is 10.2. The number of hydrogen-bond acceptors (Lipinski definition) is 2. The first-order chi connectivity index (χ1) is 10.7. The van der Waals surface area contributed by atoms with Gasteiger partial charge in [0.2, 0.25) is 0 Å². The molecule has 1 aromatic carbocycles. The van der Waals surface area contributed by atoms with Gasteiger partial charge in [0, 0.05) is 38.1 Å². The minimum absolute atomic E-state index is 0.280. The molecule has 0 fully saturated rings. The van der Waals surface area contributed by atoms with E-state index < -0.39 is 0 Å². The maximum absolute atomic E-state index is 9.91. The van der Waals surface area contributed by atoms with E-state index in [-0.39, 0.29) is 6.10 Å². The lowest BCUT2D eigenvalue weighted by Crippen LogP contribution is -2.32. The van der Waals surface area contributed by atoms with Gasteiger partial charge < -0.3 is 9.67 Å². The summed E-state index contributed by atoms with van der Waals surface area (Å²) in [5.74, 6) is 0. The standard InChI is InChI=1S/C19H26N2O/c1-3-12-20(16-19(22)4-2)15-18-11-8-13-21(18)14-17-9-6-5-7-10-17/h3,5-11,13,19,22H,1,4,12,14-16H2,2H3/t19-/m0/s1. The SMILES string of the molecule is C=CCN(Cc1cccn1Cc1ccccc1)C[C@@H](O)CC. The van der Waals surface area contributed by atoms with Gasteiger partial charge in [0.25, 0.3) is 0 Å². The van der Waals surface area contributed by atoms with Crippen LogP contribution in [0.2, 0.25) is 0 Å². The first-order valence-corrected chi connectivity index (χ1v) is 7.92. The van der Waals surface area contributed by atoms with Crippen LogP contribution in [0.15, 0.2) is 61.3 Å². The summed E-state index contributed by atoms with van der Waals surface area (Å²) in [5.41, 5.74) is 2.55. The molecule has 2 aromatic rings. The Morgan fingerprint density at radius 1 is 1.23 bits per heavy atom. The van der Waals surface area contributed by atoms with Gasteiger partial charge in [-0.3, -0.25) is 4.90 Å². The average Bonchev–Trinajstić information content (AvgIpc) is 2.95. The van der Waals surface area contributed by atoms with Crippen molar-refractivity contribution in [3.8, 4) is 0 Å². The van der Waals surface area contributed by atoms with Gasteiger partial charge in [0.05, 0.1) is 6.10 Å². The molecule has 0 spiro atoms. The molecule has 3 heteroatoms. The quantitative estimate of drug-likeness (QED) is 0.720. The molecule has 0 bridgehead atoms. The van der Waals surface area contributed by atoms with Gasteiger partial charge in [-0.1, -0.05) is 43.3 Å². The Bertz CT molecular complexity index is 562. The Hall–Kier alpha value is -1.84. The van der Waals surface area contributed by atoms with E-state index in [4.69, 9.17) is 0 Å². The number of benzene rings is 1. The van der Waals surface area contributed by atoms with Crippen LogP contribution in [-0.4, -0.2) is 33.8 Å². The smallest absolute Gasteiger partial charge is 0.0664 e. The van der Waals surface area contributed by atoms with Crippen LogP contribution >= 0.6 is 0 Å². The van der Waals surface area contributed by atoms with Crippen molar-refractivity contribution < 1.29 is 5.11 Å². The zero-order valence-electron chi connectivity index (χ0n) is 13.4. The fraction of sp³-hybridized carbons (Fsp3) is 0.368. The van der Waals surface area contributed by atoms with E-state index >= 15 is 0 Å². The zero-order chi connectivity index (χ0) is 15.8. The van der Waals surface area contributed by atoms with Crippen LogP contribution in [0.1, 0.15) is 24.6 Å². The summed E-state index contributed by atoms with van der Waals surface area (Å²) in [6.07, 6.45) is 4.51. The summed E-state index contributed by atoms with van der Waals surface area (Å²) in [4.78, 5) is 2.23. The highest BCUT2D eigenvalue weighted by Crippen LogP contribution is 2.11. The van der Waals surface area contributed by atoms with Crippen LogP contribution in [0.5, 0.6) is 0 Å². The lowest BCUT2D eigenvalue weighted by Gasteiger charge is -2.24. The molecule has 0 unspecified atom stereocenters. The molecule has 3 nitrogen and oxygen atoms in total. The summed E-state index contributed by atoms with van der Waals surface area (Å²) >= 11 is 0. The van der Waals surface area contributed by atoms with Gasteiger partial charge in [0.15, 0.2) is 0 Å². The van der Waals surface area contributed by atoms with Gasteiger partial charge in [-0.15, -0.1) is 6.58 Å². The molecule has 0 saturated carbocycles. The number of rotatable bonds is 9. The first kappa shape index (κ1) is 16.5. The third kappa shape index (κ3) is 4.86. The monoisotopic (exact) mass is 298 g/mol. The summed E-state index contributed by atoms with van der Waals surface area (Å²) in [5, 5.41) is 9.91. The fourth-order valence-corrected chi connectivity index (χ4v) is 2.57. The Morgan fingerprint density at radius 3 is 2.68 bits per heavy atom. The molecule has 22 heavy (non-hydrogen) atoms. The van der Waals surface area contributed by atoms with Crippen molar-refractivity contribution in [3.63, 3.8) is 0 Å². The van der Waals surface area contributed by atoms with Gasteiger partial charge in [-0.05, 0) is 24.1 Å². The van der Waals surface area contributed by atoms with E-state index in [1.165, 1.54) is 11.3 Å². The summed E-state index contributed by atoms with van der Waals surface area (Å²) < 4.78 is 2.27. The molecule has 0 saturated heterocycles. The van der Waals surface area contributed by atoms with E-state index in [1.807, 2.05) is 19.1 Å². The number of nitrogens with zero attached hydrogens (tertiary/aromatic N) is 2. The van der Waals surface area contributed by atoms with Crippen molar-refractivity contribution in [2.75, 3.05) is 13.1 Å². The molecular formula is C19H26N2O. The number of aromatic nitrogens is 1. The largest absolute Gasteiger partial charge is 0.392 e. The third-order valence-electron chi connectivity index (χ3n) is 3.83. The van der Waals surface area contributed by atoms with Crippen molar-refractivity contribution in [2.24, 2.45) is 0 Å². The molecule has 1 aromatic heterocycles. The molecule has 1 atom stereocenters. The van der Waals surface area contributed by atoms with E-state index in [0.29, 0.717) is 6.54 Å². The molecule has 1 N–H and O–H groups in total. The van der Waals surface area contributed by atoms with Crippen molar-refractivity contribution in [1.82, 2.24) is 9.47 Å². The van der Waals surface area contributed by atoms with Crippen LogP contribution < -0.4 is 0 Å². The van der Waals surface area contributed by atoms with Gasteiger partial charge in [-0.2, -0.15) is 0 Å². The second kappa shape index (κ2) is 8.57. The molecule has 0 aliphatic carbocycles. The summed E-state index contributed by atoms with van der Waals surface area (Å²) in [7, 11) is 0. The van der Waals surface area contributed by atoms with E-state index in [9.17, 15) is 5.11 Å². The third-order valence-corrected chi connectivity index (χ3v) is 3.83.